The average molecular weight is 532 g/mol. The molecule has 3 aliphatic rings. The molecule has 0 amide bonds. The molecule has 1 aromatic carbocycles. The summed E-state index contributed by atoms with van der Waals surface area (Å²) in [5.41, 5.74) is 5.36. The van der Waals surface area contributed by atoms with Crippen molar-refractivity contribution < 1.29 is 19.1 Å². The molecule has 2 aliphatic carbocycles. The Kier molecular flexibility index (Phi) is 8.30. The van der Waals surface area contributed by atoms with E-state index in [-0.39, 0.29) is 22.4 Å². The van der Waals surface area contributed by atoms with Gasteiger partial charge >= 0.3 is 0 Å². The summed E-state index contributed by atoms with van der Waals surface area (Å²) >= 11 is 0. The maximum absolute atomic E-state index is 14.0. The largest absolute Gasteiger partial charge is 0.490 e. The van der Waals surface area contributed by atoms with Crippen molar-refractivity contribution in [3.05, 3.63) is 71.1 Å². The van der Waals surface area contributed by atoms with Gasteiger partial charge < -0.3 is 14.4 Å². The van der Waals surface area contributed by atoms with Crippen LogP contribution in [0.3, 0.4) is 0 Å². The average Bonchev–Trinajstić information content (AvgIpc) is 2.83. The van der Waals surface area contributed by atoms with E-state index in [1.807, 2.05) is 19.1 Å². The van der Waals surface area contributed by atoms with E-state index in [2.05, 4.69) is 58.7 Å². The van der Waals surface area contributed by atoms with Gasteiger partial charge in [-0.2, -0.15) is 0 Å². The molecule has 4 rings (SSSR count). The number of hydrogen-bond acceptors (Lipinski definition) is 5. The van der Waals surface area contributed by atoms with Crippen LogP contribution in [-0.2, 0) is 16.0 Å². The number of carbonyl (C=O) groups is 2. The fraction of sp³-hybridized carbons (Fsp3) is 0.529. The summed E-state index contributed by atoms with van der Waals surface area (Å²) in [6.45, 7) is 22.2. The molecule has 39 heavy (non-hydrogen) atoms. The van der Waals surface area contributed by atoms with E-state index in [1.165, 1.54) is 0 Å². The molecule has 0 saturated carbocycles. The summed E-state index contributed by atoms with van der Waals surface area (Å²) < 4.78 is 12.2. The maximum atomic E-state index is 14.0. The summed E-state index contributed by atoms with van der Waals surface area (Å²) in [5, 5.41) is 0. The van der Waals surface area contributed by atoms with Crippen molar-refractivity contribution in [2.75, 3.05) is 19.8 Å². The van der Waals surface area contributed by atoms with Crippen LogP contribution in [0.2, 0.25) is 0 Å². The Morgan fingerprint density at radius 2 is 1.49 bits per heavy atom. The van der Waals surface area contributed by atoms with E-state index in [0.717, 1.165) is 59.5 Å². The molecule has 0 saturated heterocycles. The molecule has 1 heterocycles. The van der Waals surface area contributed by atoms with Crippen molar-refractivity contribution in [3.8, 4) is 11.5 Å². The minimum Gasteiger partial charge on any atom is -0.490 e. The predicted octanol–water partition coefficient (Wildman–Crippen LogP) is 7.47. The van der Waals surface area contributed by atoms with E-state index in [0.29, 0.717) is 44.0 Å². The molecule has 0 fully saturated rings. The van der Waals surface area contributed by atoms with Crippen LogP contribution in [0.25, 0.3) is 0 Å². The highest BCUT2D eigenvalue weighted by molar-refractivity contribution is 6.06. The molecule has 0 N–H and O–H groups in total. The molecule has 0 spiro atoms. The van der Waals surface area contributed by atoms with E-state index in [9.17, 15) is 9.59 Å². The van der Waals surface area contributed by atoms with Crippen molar-refractivity contribution >= 4 is 11.6 Å². The van der Waals surface area contributed by atoms with Gasteiger partial charge in [-0.15, -0.1) is 6.58 Å². The number of allylic oxidation sites excluding steroid dienone is 5. The van der Waals surface area contributed by atoms with Crippen LogP contribution in [0.4, 0.5) is 0 Å². The van der Waals surface area contributed by atoms with Crippen LogP contribution in [0.1, 0.15) is 90.7 Å². The van der Waals surface area contributed by atoms with E-state index < -0.39 is 5.92 Å². The summed E-state index contributed by atoms with van der Waals surface area (Å²) in [4.78, 5) is 30.4. The minimum atomic E-state index is -0.411. The van der Waals surface area contributed by atoms with Crippen LogP contribution in [0.15, 0.2) is 60.0 Å². The Morgan fingerprint density at radius 3 is 1.97 bits per heavy atom. The number of carbonyl (C=O) groups excluding carboxylic acids is 2. The van der Waals surface area contributed by atoms with Crippen LogP contribution < -0.4 is 9.47 Å². The van der Waals surface area contributed by atoms with Crippen molar-refractivity contribution in [3.63, 3.8) is 0 Å². The first-order chi connectivity index (χ1) is 18.5. The summed E-state index contributed by atoms with van der Waals surface area (Å²) in [7, 11) is 0. The number of rotatable bonds is 10. The number of ether oxygens (including phenoxy) is 2. The molecule has 1 aliphatic heterocycles. The second-order valence-corrected chi connectivity index (χ2v) is 12.7. The smallest absolute Gasteiger partial charge is 0.165 e. The second kappa shape index (κ2) is 11.2. The highest BCUT2D eigenvalue weighted by atomic mass is 16.5. The number of ketones is 2. The minimum absolute atomic E-state index is 0.133. The Morgan fingerprint density at radius 1 is 0.897 bits per heavy atom. The highest BCUT2D eigenvalue weighted by Gasteiger charge is 2.49. The third kappa shape index (κ3) is 5.64. The molecular formula is C34H45NO4. The van der Waals surface area contributed by atoms with Gasteiger partial charge in [-0.05, 0) is 55.1 Å². The zero-order valence-electron chi connectivity index (χ0n) is 24.7. The molecule has 0 atom stereocenters. The van der Waals surface area contributed by atoms with Gasteiger partial charge in [0.05, 0.1) is 6.61 Å². The zero-order valence-corrected chi connectivity index (χ0v) is 24.7. The molecular weight excluding hydrogens is 486 g/mol. The van der Waals surface area contributed by atoms with Crippen LogP contribution in [0, 0.1) is 10.8 Å². The van der Waals surface area contributed by atoms with Gasteiger partial charge in [0.1, 0.15) is 6.61 Å². The number of Topliss-reactive ketones (excluding diaryl/α,β-unsaturated/α-hetero) is 2. The first-order valence-corrected chi connectivity index (χ1v) is 14.4. The van der Waals surface area contributed by atoms with E-state index in [4.69, 9.17) is 9.47 Å². The Hall–Kier alpha value is -3.08. The first kappa shape index (κ1) is 28.9. The van der Waals surface area contributed by atoms with Crippen molar-refractivity contribution in [2.45, 2.75) is 86.0 Å². The van der Waals surface area contributed by atoms with Gasteiger partial charge in [0, 0.05) is 53.4 Å². The van der Waals surface area contributed by atoms with Crippen LogP contribution in [0.5, 0.6) is 11.5 Å². The molecule has 5 nitrogen and oxygen atoms in total. The molecule has 1 aromatic rings. The Labute approximate surface area is 234 Å². The number of benzene rings is 1. The normalized spacial score (nSPS) is 20.5. The fourth-order valence-electron chi connectivity index (χ4n) is 6.60. The Balaban J connectivity index is 2.03. The van der Waals surface area contributed by atoms with Gasteiger partial charge in [0.15, 0.2) is 23.1 Å². The molecule has 210 valence electrons. The lowest BCUT2D eigenvalue weighted by Gasteiger charge is -2.49. The van der Waals surface area contributed by atoms with Crippen LogP contribution >= 0.6 is 0 Å². The van der Waals surface area contributed by atoms with E-state index in [1.54, 1.807) is 6.08 Å². The third-order valence-corrected chi connectivity index (χ3v) is 7.97. The SMILES string of the molecule is C=CCOc1c(CC=C)cc(C2C3=C(CC(C)(C)CC3=O)N(CCC)C3=C2C(=O)CC(C)(C)C3)cc1OCC. The van der Waals surface area contributed by atoms with E-state index >= 15 is 0 Å². The van der Waals surface area contributed by atoms with Crippen molar-refractivity contribution in [1.82, 2.24) is 4.90 Å². The molecule has 5 heteroatoms. The van der Waals surface area contributed by atoms with Gasteiger partial charge in [-0.25, -0.2) is 0 Å². The number of nitrogens with zero attached hydrogens (tertiary/aromatic N) is 1. The predicted molar refractivity (Wildman–Crippen MR) is 157 cm³/mol. The first-order valence-electron chi connectivity index (χ1n) is 14.4. The monoisotopic (exact) mass is 531 g/mol. The van der Waals surface area contributed by atoms with Crippen LogP contribution in [-0.4, -0.2) is 36.2 Å². The summed E-state index contributed by atoms with van der Waals surface area (Å²) in [5.74, 6) is 1.17. The molecule has 0 bridgehead atoms. The van der Waals surface area contributed by atoms with Crippen molar-refractivity contribution in [2.24, 2.45) is 10.8 Å². The molecule has 0 aromatic heterocycles. The fourth-order valence-corrected chi connectivity index (χ4v) is 6.60. The maximum Gasteiger partial charge on any atom is 0.165 e. The number of hydrogen-bond donors (Lipinski definition) is 0. The van der Waals surface area contributed by atoms with Crippen molar-refractivity contribution in [1.29, 1.82) is 0 Å². The highest BCUT2D eigenvalue weighted by Crippen LogP contribution is 2.55. The standard InChI is InChI=1S/C34H45NO4/c1-9-13-22-16-23(17-28(38-12-4)32(22)39-15-11-3)29-30-24(18-33(5,6)20-26(30)36)35(14-10-2)25-19-34(7,8)21-27(37)31(25)29/h9,11,16-17,29H,1,3,10,12-15,18-21H2,2,4-8H3. The van der Waals surface area contributed by atoms with Gasteiger partial charge in [0.2, 0.25) is 0 Å². The lowest BCUT2D eigenvalue weighted by atomic mass is 9.63. The molecule has 0 unspecified atom stereocenters. The lowest BCUT2D eigenvalue weighted by Crippen LogP contribution is -2.44. The topological polar surface area (TPSA) is 55.8 Å². The molecule has 0 radical (unpaired) electrons. The van der Waals surface area contributed by atoms with Gasteiger partial charge in [0.25, 0.3) is 0 Å². The van der Waals surface area contributed by atoms with Gasteiger partial charge in [-0.1, -0.05) is 59.4 Å². The van der Waals surface area contributed by atoms with Gasteiger partial charge in [-0.3, -0.25) is 9.59 Å². The zero-order chi connectivity index (χ0) is 28.5. The lowest BCUT2D eigenvalue weighted by molar-refractivity contribution is -0.119. The third-order valence-electron chi connectivity index (χ3n) is 7.97. The second-order valence-electron chi connectivity index (χ2n) is 12.7. The quantitative estimate of drug-likeness (QED) is 0.293. The Bertz CT molecular complexity index is 1190. The summed E-state index contributed by atoms with van der Waals surface area (Å²) in [6.07, 6.45) is 7.65. The summed E-state index contributed by atoms with van der Waals surface area (Å²) in [6, 6.07) is 4.09.